The number of aromatic nitrogens is 2. The van der Waals surface area contributed by atoms with E-state index in [0.717, 1.165) is 12.1 Å². The lowest BCUT2D eigenvalue weighted by Gasteiger charge is -1.93. The van der Waals surface area contributed by atoms with Crippen LogP contribution in [0.25, 0.3) is 0 Å². The Hall–Kier alpha value is -1.80. The number of benzene rings is 1. The zero-order valence-electron chi connectivity index (χ0n) is 8.42. The Bertz CT molecular complexity index is 600. The second-order valence-electron chi connectivity index (χ2n) is 3.12. The van der Waals surface area contributed by atoms with Crippen molar-refractivity contribution in [2.24, 2.45) is 0 Å². The fourth-order valence-corrected chi connectivity index (χ4v) is 1.30. The number of rotatable bonds is 0. The van der Waals surface area contributed by atoms with E-state index in [1.165, 1.54) is 6.07 Å². The van der Waals surface area contributed by atoms with Gasteiger partial charge in [0.05, 0.1) is 0 Å². The molecule has 0 N–H and O–H groups in total. The Kier molecular flexibility index (Phi) is 3.45. The van der Waals surface area contributed by atoms with Crippen LogP contribution in [0, 0.1) is 23.5 Å². The third-order valence-electron chi connectivity index (χ3n) is 1.89. The average molecular weight is 295 g/mol. The van der Waals surface area contributed by atoms with Crippen molar-refractivity contribution in [2.45, 2.75) is 0 Å². The van der Waals surface area contributed by atoms with Crippen LogP contribution in [0.3, 0.4) is 0 Å². The normalized spacial score (nSPS) is 9.59. The SMILES string of the molecule is Fc1ccc(C#Cc2ccc(Br)nn2)cc1F. The lowest BCUT2D eigenvalue weighted by atomic mass is 10.2. The molecule has 0 radical (unpaired) electrons. The summed E-state index contributed by atoms with van der Waals surface area (Å²) >= 11 is 3.15. The van der Waals surface area contributed by atoms with Gasteiger partial charge in [0, 0.05) is 5.56 Å². The summed E-state index contributed by atoms with van der Waals surface area (Å²) < 4.78 is 26.1. The summed E-state index contributed by atoms with van der Waals surface area (Å²) in [5, 5.41) is 7.55. The molecule has 5 heteroatoms. The van der Waals surface area contributed by atoms with Gasteiger partial charge in [-0.05, 0) is 52.2 Å². The largest absolute Gasteiger partial charge is 0.204 e. The summed E-state index contributed by atoms with van der Waals surface area (Å²) in [6, 6.07) is 6.84. The Morgan fingerprint density at radius 1 is 0.941 bits per heavy atom. The predicted molar refractivity (Wildman–Crippen MR) is 62.1 cm³/mol. The van der Waals surface area contributed by atoms with Crippen LogP contribution in [-0.2, 0) is 0 Å². The molecule has 0 spiro atoms. The fourth-order valence-electron chi connectivity index (χ4n) is 1.09. The molecule has 2 rings (SSSR count). The number of halogens is 3. The smallest absolute Gasteiger partial charge is 0.160 e. The quantitative estimate of drug-likeness (QED) is 0.698. The van der Waals surface area contributed by atoms with E-state index in [4.69, 9.17) is 0 Å². The first-order valence-electron chi connectivity index (χ1n) is 4.61. The highest BCUT2D eigenvalue weighted by Crippen LogP contribution is 2.08. The van der Waals surface area contributed by atoms with Gasteiger partial charge in [0.15, 0.2) is 11.6 Å². The monoisotopic (exact) mass is 294 g/mol. The van der Waals surface area contributed by atoms with Gasteiger partial charge >= 0.3 is 0 Å². The molecule has 1 aromatic carbocycles. The number of hydrogen-bond acceptors (Lipinski definition) is 2. The molecule has 0 aliphatic carbocycles. The maximum Gasteiger partial charge on any atom is 0.160 e. The van der Waals surface area contributed by atoms with E-state index in [2.05, 4.69) is 38.0 Å². The molecule has 17 heavy (non-hydrogen) atoms. The van der Waals surface area contributed by atoms with Crippen LogP contribution in [-0.4, -0.2) is 10.2 Å². The Balaban J connectivity index is 2.26. The summed E-state index contributed by atoms with van der Waals surface area (Å²) in [4.78, 5) is 0. The summed E-state index contributed by atoms with van der Waals surface area (Å²) in [7, 11) is 0. The predicted octanol–water partition coefficient (Wildman–Crippen LogP) is 2.92. The number of nitrogens with zero attached hydrogens (tertiary/aromatic N) is 2. The van der Waals surface area contributed by atoms with Gasteiger partial charge in [0.1, 0.15) is 10.3 Å². The molecule has 0 saturated heterocycles. The van der Waals surface area contributed by atoms with E-state index in [9.17, 15) is 8.78 Å². The van der Waals surface area contributed by atoms with Crippen molar-refractivity contribution in [1.82, 2.24) is 10.2 Å². The molecule has 1 aromatic heterocycles. The summed E-state index contributed by atoms with van der Waals surface area (Å²) in [5.74, 6) is 3.57. The maximum absolute atomic E-state index is 12.9. The molecule has 0 unspecified atom stereocenters. The molecule has 2 aromatic rings. The van der Waals surface area contributed by atoms with Crippen LogP contribution >= 0.6 is 15.9 Å². The van der Waals surface area contributed by atoms with E-state index in [1.54, 1.807) is 12.1 Å². The van der Waals surface area contributed by atoms with Crippen LogP contribution < -0.4 is 0 Å². The number of hydrogen-bond donors (Lipinski definition) is 0. The topological polar surface area (TPSA) is 25.8 Å². The Morgan fingerprint density at radius 2 is 1.76 bits per heavy atom. The van der Waals surface area contributed by atoms with E-state index >= 15 is 0 Å². The molecule has 0 saturated carbocycles. The van der Waals surface area contributed by atoms with Gasteiger partial charge in [0.2, 0.25) is 0 Å². The minimum absolute atomic E-state index is 0.383. The molecule has 0 aliphatic rings. The molecule has 0 atom stereocenters. The van der Waals surface area contributed by atoms with Crippen molar-refractivity contribution in [3.05, 3.63) is 57.8 Å². The van der Waals surface area contributed by atoms with Crippen LogP contribution in [0.5, 0.6) is 0 Å². The van der Waals surface area contributed by atoms with E-state index in [-0.39, 0.29) is 0 Å². The average Bonchev–Trinajstić information content (AvgIpc) is 2.33. The zero-order valence-corrected chi connectivity index (χ0v) is 10.0. The van der Waals surface area contributed by atoms with Crippen molar-refractivity contribution >= 4 is 15.9 Å². The minimum atomic E-state index is -0.918. The molecule has 0 bridgehead atoms. The third kappa shape index (κ3) is 3.08. The first-order chi connectivity index (χ1) is 8.15. The van der Waals surface area contributed by atoms with Gasteiger partial charge in [-0.15, -0.1) is 10.2 Å². The third-order valence-corrected chi connectivity index (χ3v) is 2.31. The first kappa shape index (κ1) is 11.7. The lowest BCUT2D eigenvalue weighted by molar-refractivity contribution is 0.508. The van der Waals surface area contributed by atoms with Gasteiger partial charge in [-0.25, -0.2) is 8.78 Å². The van der Waals surface area contributed by atoms with Crippen LogP contribution in [0.4, 0.5) is 8.78 Å². The molecular formula is C12H5BrF2N2. The van der Waals surface area contributed by atoms with Crippen molar-refractivity contribution in [1.29, 1.82) is 0 Å². The van der Waals surface area contributed by atoms with Gasteiger partial charge in [-0.3, -0.25) is 0 Å². The molecule has 0 aliphatic heterocycles. The highest BCUT2D eigenvalue weighted by molar-refractivity contribution is 9.10. The Labute approximate surface area is 105 Å². The minimum Gasteiger partial charge on any atom is -0.204 e. The summed E-state index contributed by atoms with van der Waals surface area (Å²) in [5.41, 5.74) is 0.839. The van der Waals surface area contributed by atoms with Gasteiger partial charge in [-0.2, -0.15) is 0 Å². The molecule has 1 heterocycles. The van der Waals surface area contributed by atoms with Crippen molar-refractivity contribution in [3.8, 4) is 11.8 Å². The van der Waals surface area contributed by atoms with E-state index in [1.807, 2.05) is 0 Å². The molecule has 84 valence electrons. The van der Waals surface area contributed by atoms with E-state index in [0.29, 0.717) is 15.9 Å². The summed E-state index contributed by atoms with van der Waals surface area (Å²) in [6.45, 7) is 0. The first-order valence-corrected chi connectivity index (χ1v) is 5.41. The van der Waals surface area contributed by atoms with Crippen LogP contribution in [0.15, 0.2) is 34.9 Å². The fraction of sp³-hybridized carbons (Fsp3) is 0. The summed E-state index contributed by atoms with van der Waals surface area (Å²) in [6.07, 6.45) is 0. The van der Waals surface area contributed by atoms with Crippen LogP contribution in [0.1, 0.15) is 11.3 Å². The highest BCUT2D eigenvalue weighted by Gasteiger charge is 2.00. The molecule has 0 fully saturated rings. The van der Waals surface area contributed by atoms with Crippen LogP contribution in [0.2, 0.25) is 0 Å². The molecule has 0 amide bonds. The van der Waals surface area contributed by atoms with Gasteiger partial charge in [-0.1, -0.05) is 5.92 Å². The maximum atomic E-state index is 12.9. The van der Waals surface area contributed by atoms with Crippen molar-refractivity contribution in [3.63, 3.8) is 0 Å². The molecule has 2 nitrogen and oxygen atoms in total. The zero-order chi connectivity index (χ0) is 12.3. The Morgan fingerprint density at radius 3 is 2.41 bits per heavy atom. The molecular weight excluding hydrogens is 290 g/mol. The highest BCUT2D eigenvalue weighted by atomic mass is 79.9. The lowest BCUT2D eigenvalue weighted by Crippen LogP contribution is -1.87. The second-order valence-corrected chi connectivity index (χ2v) is 3.93. The second kappa shape index (κ2) is 5.02. The van der Waals surface area contributed by atoms with Gasteiger partial charge < -0.3 is 0 Å². The van der Waals surface area contributed by atoms with Gasteiger partial charge in [0.25, 0.3) is 0 Å². The standard InChI is InChI=1S/C12H5BrF2N2/c13-12-6-4-9(16-17-12)3-1-8-2-5-10(14)11(15)7-8/h2,4-7H. The van der Waals surface area contributed by atoms with Crippen molar-refractivity contribution < 1.29 is 8.78 Å². The van der Waals surface area contributed by atoms with Crippen molar-refractivity contribution in [2.75, 3.05) is 0 Å². The van der Waals surface area contributed by atoms with E-state index < -0.39 is 11.6 Å².